The van der Waals surface area contributed by atoms with Gasteiger partial charge in [0.1, 0.15) is 11.4 Å². The smallest absolute Gasteiger partial charge is 0.296 e. The lowest BCUT2D eigenvalue weighted by Crippen LogP contribution is -2.23. The highest BCUT2D eigenvalue weighted by molar-refractivity contribution is 7.99. The number of nitrogens with zero attached hydrogens (tertiary/aromatic N) is 3. The molecule has 0 spiro atoms. The van der Waals surface area contributed by atoms with Crippen LogP contribution in [0.2, 0.25) is 0 Å². The second kappa shape index (κ2) is 9.98. The van der Waals surface area contributed by atoms with Crippen molar-refractivity contribution in [1.82, 2.24) is 9.55 Å². The Morgan fingerprint density at radius 3 is 2.60 bits per heavy atom. The van der Waals surface area contributed by atoms with Crippen LogP contribution in [0.25, 0.3) is 16.6 Å². The summed E-state index contributed by atoms with van der Waals surface area (Å²) in [6.07, 6.45) is 0. The van der Waals surface area contributed by atoms with Gasteiger partial charge in [0, 0.05) is 0 Å². The van der Waals surface area contributed by atoms with E-state index in [1.165, 1.54) is 29.9 Å². The average Bonchev–Trinajstić information content (AvgIpc) is 2.85. The van der Waals surface area contributed by atoms with Crippen LogP contribution in [0.1, 0.15) is 11.1 Å². The number of rotatable bonds is 7. The van der Waals surface area contributed by atoms with E-state index >= 15 is 0 Å². The molecule has 0 aliphatic carbocycles. The van der Waals surface area contributed by atoms with Crippen molar-refractivity contribution in [2.75, 3.05) is 18.2 Å². The van der Waals surface area contributed by atoms with Crippen LogP contribution < -0.4 is 15.6 Å². The van der Waals surface area contributed by atoms with E-state index in [0.717, 1.165) is 22.9 Å². The van der Waals surface area contributed by atoms with Gasteiger partial charge >= 0.3 is 0 Å². The first-order chi connectivity index (χ1) is 16.8. The van der Waals surface area contributed by atoms with Gasteiger partial charge in [-0.1, -0.05) is 30.0 Å². The number of fused-ring (bicyclic) bond motifs is 1. The van der Waals surface area contributed by atoms with Gasteiger partial charge in [0.15, 0.2) is 5.16 Å². The number of amides is 1. The van der Waals surface area contributed by atoms with Gasteiger partial charge in [-0.25, -0.2) is 4.98 Å². The Morgan fingerprint density at radius 2 is 1.89 bits per heavy atom. The number of thioether (sulfide) groups is 1. The molecule has 1 aromatic heterocycles. The Morgan fingerprint density at radius 1 is 1.11 bits per heavy atom. The lowest BCUT2D eigenvalue weighted by atomic mass is 10.1. The van der Waals surface area contributed by atoms with Crippen molar-refractivity contribution in [2.24, 2.45) is 0 Å². The van der Waals surface area contributed by atoms with Gasteiger partial charge in [0.25, 0.3) is 11.2 Å². The number of hydrogen-bond donors (Lipinski definition) is 1. The molecule has 0 bridgehead atoms. The van der Waals surface area contributed by atoms with Crippen LogP contribution in [-0.4, -0.2) is 33.2 Å². The third-order valence-electron chi connectivity index (χ3n) is 5.50. The van der Waals surface area contributed by atoms with Crippen LogP contribution in [0.3, 0.4) is 0 Å². The van der Waals surface area contributed by atoms with Gasteiger partial charge in [-0.2, -0.15) is 0 Å². The fourth-order valence-electron chi connectivity index (χ4n) is 3.51. The summed E-state index contributed by atoms with van der Waals surface area (Å²) in [4.78, 5) is 41.5. The maximum atomic E-state index is 13.4. The summed E-state index contributed by atoms with van der Waals surface area (Å²) >= 11 is 1.08. The number of methoxy groups -OCH3 is 1. The number of nitro benzene ring substituents is 1. The number of ether oxygens (including phenoxy) is 1. The molecule has 4 aromatic rings. The molecule has 1 heterocycles. The van der Waals surface area contributed by atoms with Crippen molar-refractivity contribution in [1.29, 1.82) is 0 Å². The SMILES string of the molecule is COc1ccc(NC(=O)CSc2nc3ccccc3c(=O)n2-c2ccc(C)c(C)c2)c([N+](=O)[O-])c1. The number of carbonyl (C=O) groups is 1. The molecule has 0 radical (unpaired) electrons. The van der Waals surface area contributed by atoms with E-state index in [0.29, 0.717) is 27.5 Å². The number of nitro groups is 1. The summed E-state index contributed by atoms with van der Waals surface area (Å²) in [6, 6.07) is 16.9. The minimum absolute atomic E-state index is 0.0550. The lowest BCUT2D eigenvalue weighted by molar-refractivity contribution is -0.384. The van der Waals surface area contributed by atoms with Gasteiger partial charge in [-0.3, -0.25) is 24.3 Å². The lowest BCUT2D eigenvalue weighted by Gasteiger charge is -2.14. The third-order valence-corrected chi connectivity index (χ3v) is 6.44. The zero-order chi connectivity index (χ0) is 25.1. The highest BCUT2D eigenvalue weighted by Crippen LogP contribution is 2.29. The molecule has 0 fully saturated rings. The van der Waals surface area contributed by atoms with E-state index in [4.69, 9.17) is 4.74 Å². The van der Waals surface area contributed by atoms with Gasteiger partial charge in [0.05, 0.1) is 40.4 Å². The third kappa shape index (κ3) is 5.02. The molecule has 10 heteroatoms. The van der Waals surface area contributed by atoms with E-state index in [1.807, 2.05) is 32.0 Å². The molecular weight excluding hydrogens is 468 g/mol. The van der Waals surface area contributed by atoms with Crippen LogP contribution in [0.5, 0.6) is 5.75 Å². The Kier molecular flexibility index (Phi) is 6.83. The number of carbonyl (C=O) groups excluding carboxylic acids is 1. The fourth-order valence-corrected chi connectivity index (χ4v) is 4.33. The number of hydrogen-bond acceptors (Lipinski definition) is 7. The van der Waals surface area contributed by atoms with Gasteiger partial charge in [-0.15, -0.1) is 0 Å². The molecule has 1 amide bonds. The molecule has 3 aromatic carbocycles. The largest absolute Gasteiger partial charge is 0.496 e. The standard InChI is InChI=1S/C25H22N4O5S/c1-15-8-9-17(12-16(15)2)28-24(31)19-6-4-5-7-20(19)27-25(28)35-14-23(30)26-21-11-10-18(34-3)13-22(21)29(32)33/h4-13H,14H2,1-3H3,(H,26,30). The summed E-state index contributed by atoms with van der Waals surface area (Å²) in [6.45, 7) is 3.94. The topological polar surface area (TPSA) is 116 Å². The summed E-state index contributed by atoms with van der Waals surface area (Å²) in [7, 11) is 1.40. The predicted octanol–water partition coefficient (Wildman–Crippen LogP) is 4.65. The normalized spacial score (nSPS) is 10.8. The van der Waals surface area contributed by atoms with Crippen molar-refractivity contribution in [3.8, 4) is 11.4 Å². The number of para-hydroxylation sites is 1. The molecule has 9 nitrogen and oxygen atoms in total. The fraction of sp³-hybridized carbons (Fsp3) is 0.160. The molecule has 0 aliphatic heterocycles. The number of anilines is 1. The first-order valence-electron chi connectivity index (χ1n) is 10.6. The zero-order valence-electron chi connectivity index (χ0n) is 19.3. The van der Waals surface area contributed by atoms with Crippen molar-refractivity contribution >= 4 is 39.9 Å². The highest BCUT2D eigenvalue weighted by Gasteiger charge is 2.19. The Balaban J connectivity index is 1.67. The second-order valence-corrected chi connectivity index (χ2v) is 8.74. The van der Waals surface area contributed by atoms with E-state index < -0.39 is 10.8 Å². The highest BCUT2D eigenvalue weighted by atomic mass is 32.2. The summed E-state index contributed by atoms with van der Waals surface area (Å²) in [5, 5.41) is 14.8. The second-order valence-electron chi connectivity index (χ2n) is 7.80. The summed E-state index contributed by atoms with van der Waals surface area (Å²) in [5.74, 6) is -0.280. The molecular formula is C25H22N4O5S. The molecule has 35 heavy (non-hydrogen) atoms. The first-order valence-corrected chi connectivity index (χ1v) is 11.6. The Labute approximate surface area is 204 Å². The first kappa shape index (κ1) is 24.0. The van der Waals surface area contributed by atoms with Crippen LogP contribution >= 0.6 is 11.8 Å². The quantitative estimate of drug-likeness (QED) is 0.173. The maximum Gasteiger partial charge on any atom is 0.296 e. The van der Waals surface area contributed by atoms with E-state index in [1.54, 1.807) is 24.3 Å². The van der Waals surface area contributed by atoms with Gasteiger partial charge < -0.3 is 10.1 Å². The van der Waals surface area contributed by atoms with Crippen molar-refractivity contribution in [3.05, 3.63) is 92.3 Å². The predicted molar refractivity (Wildman–Crippen MR) is 136 cm³/mol. The molecule has 4 rings (SSSR count). The van der Waals surface area contributed by atoms with Crippen LogP contribution in [0, 0.1) is 24.0 Å². The molecule has 0 aliphatic rings. The van der Waals surface area contributed by atoms with Crippen molar-refractivity contribution < 1.29 is 14.5 Å². The minimum atomic E-state index is -0.590. The number of aryl methyl sites for hydroxylation is 2. The molecule has 0 atom stereocenters. The zero-order valence-corrected chi connectivity index (χ0v) is 20.1. The summed E-state index contributed by atoms with van der Waals surface area (Å²) < 4.78 is 6.51. The van der Waals surface area contributed by atoms with Gasteiger partial charge in [0.2, 0.25) is 5.91 Å². The van der Waals surface area contributed by atoms with Crippen LogP contribution in [0.15, 0.2) is 70.6 Å². The average molecular weight is 491 g/mol. The maximum absolute atomic E-state index is 13.4. The van der Waals surface area contributed by atoms with E-state index in [9.17, 15) is 19.7 Å². The summed E-state index contributed by atoms with van der Waals surface area (Å²) in [5.41, 5.74) is 2.80. The molecule has 178 valence electrons. The van der Waals surface area contributed by atoms with E-state index in [-0.39, 0.29) is 22.7 Å². The van der Waals surface area contributed by atoms with E-state index in [2.05, 4.69) is 10.3 Å². The number of nitrogens with one attached hydrogen (secondary N) is 1. The van der Waals surface area contributed by atoms with Crippen molar-refractivity contribution in [3.63, 3.8) is 0 Å². The minimum Gasteiger partial charge on any atom is -0.496 e. The monoisotopic (exact) mass is 490 g/mol. The van der Waals surface area contributed by atoms with Gasteiger partial charge in [-0.05, 0) is 61.4 Å². The molecule has 1 N–H and O–H groups in total. The number of benzene rings is 3. The van der Waals surface area contributed by atoms with Crippen LogP contribution in [0.4, 0.5) is 11.4 Å². The van der Waals surface area contributed by atoms with Crippen molar-refractivity contribution in [2.45, 2.75) is 19.0 Å². The number of aromatic nitrogens is 2. The Bertz CT molecular complexity index is 1520. The molecule has 0 saturated heterocycles. The molecule has 0 unspecified atom stereocenters. The Hall–Kier alpha value is -4.18. The van der Waals surface area contributed by atoms with Crippen LogP contribution in [-0.2, 0) is 4.79 Å². The molecule has 0 saturated carbocycles.